The number of nitrogens with zero attached hydrogens (tertiary/aromatic N) is 2. The van der Waals surface area contributed by atoms with Crippen LogP contribution < -0.4 is 13.9 Å². The van der Waals surface area contributed by atoms with E-state index < -0.39 is 20.0 Å². The Balaban J connectivity index is 1.56. The molecule has 0 unspecified atom stereocenters. The lowest BCUT2D eigenvalue weighted by atomic mass is 10.1. The van der Waals surface area contributed by atoms with Crippen LogP contribution in [0.25, 0.3) is 0 Å². The third-order valence-corrected chi connectivity index (χ3v) is 9.62. The second-order valence-corrected chi connectivity index (χ2v) is 12.4. The summed E-state index contributed by atoms with van der Waals surface area (Å²) in [7, 11) is -7.17. The number of benzene rings is 2. The third-order valence-electron chi connectivity index (χ3n) is 6.24. The zero-order valence-electron chi connectivity index (χ0n) is 18.7. The van der Waals surface area contributed by atoms with E-state index in [1.54, 1.807) is 38.1 Å². The van der Waals surface area contributed by atoms with E-state index in [0.29, 0.717) is 35.5 Å². The minimum absolute atomic E-state index is 0.126. The van der Waals surface area contributed by atoms with Crippen molar-refractivity contribution in [2.24, 2.45) is 0 Å². The monoisotopic (exact) mass is 477 g/mol. The molecule has 0 aliphatic carbocycles. The molecule has 2 aromatic rings. The number of piperidine rings is 1. The van der Waals surface area contributed by atoms with Crippen molar-refractivity contribution < 1.29 is 16.8 Å². The van der Waals surface area contributed by atoms with Crippen LogP contribution in [0.15, 0.2) is 41.3 Å². The van der Waals surface area contributed by atoms with Crippen LogP contribution in [0.3, 0.4) is 0 Å². The molecule has 0 atom stereocenters. The number of hydrogen-bond donors (Lipinski definition) is 1. The van der Waals surface area contributed by atoms with Crippen LogP contribution in [0.1, 0.15) is 43.2 Å². The number of hydrogen-bond acceptors (Lipinski definition) is 5. The summed E-state index contributed by atoms with van der Waals surface area (Å²) in [5, 5.41) is 0. The lowest BCUT2D eigenvalue weighted by molar-refractivity contribution is 0.574. The van der Waals surface area contributed by atoms with E-state index >= 15 is 0 Å². The first-order valence-electron chi connectivity index (χ1n) is 11.2. The maximum absolute atomic E-state index is 13.1. The molecule has 2 heterocycles. The molecule has 2 fully saturated rings. The van der Waals surface area contributed by atoms with Crippen molar-refractivity contribution in [1.29, 1.82) is 0 Å². The molecule has 32 heavy (non-hydrogen) atoms. The molecular weight excluding hydrogens is 446 g/mol. The Morgan fingerprint density at radius 3 is 2.16 bits per heavy atom. The highest BCUT2D eigenvalue weighted by molar-refractivity contribution is 7.93. The lowest BCUT2D eigenvalue weighted by Gasteiger charge is -2.30. The van der Waals surface area contributed by atoms with Crippen molar-refractivity contribution in [3.05, 3.63) is 47.5 Å². The fourth-order valence-electron chi connectivity index (χ4n) is 4.49. The van der Waals surface area contributed by atoms with Crippen molar-refractivity contribution >= 4 is 37.1 Å². The summed E-state index contributed by atoms with van der Waals surface area (Å²) < 4.78 is 55.3. The van der Waals surface area contributed by atoms with Crippen LogP contribution >= 0.6 is 0 Å². The molecular formula is C23H31N3O4S2. The molecule has 174 valence electrons. The van der Waals surface area contributed by atoms with Crippen molar-refractivity contribution in [2.45, 2.75) is 50.8 Å². The second-order valence-electron chi connectivity index (χ2n) is 8.70. The predicted octanol–water partition coefficient (Wildman–Crippen LogP) is 4.02. The molecule has 2 aromatic carbocycles. The standard InChI is InChI=1S/C23H31N3O4S2/c1-18-17-23(19(2)16-22(18)26-14-6-7-15-31(26,27)28)32(29,30)24-20-8-10-21(11-9-20)25-12-4-3-5-13-25/h8-11,16-17,24H,3-7,12-15H2,1-2H3. The van der Waals surface area contributed by atoms with E-state index in [0.717, 1.165) is 25.2 Å². The quantitative estimate of drug-likeness (QED) is 0.703. The topological polar surface area (TPSA) is 86.8 Å². The second kappa shape index (κ2) is 8.94. The lowest BCUT2D eigenvalue weighted by Crippen LogP contribution is -2.38. The Kier molecular flexibility index (Phi) is 6.40. The zero-order chi connectivity index (χ0) is 22.9. The summed E-state index contributed by atoms with van der Waals surface area (Å²) in [4.78, 5) is 2.48. The zero-order valence-corrected chi connectivity index (χ0v) is 20.3. The maximum Gasteiger partial charge on any atom is 0.262 e. The van der Waals surface area contributed by atoms with E-state index in [2.05, 4.69) is 9.62 Å². The number of sulfonamides is 2. The van der Waals surface area contributed by atoms with E-state index in [-0.39, 0.29) is 10.6 Å². The third kappa shape index (κ3) is 4.73. The van der Waals surface area contributed by atoms with Gasteiger partial charge in [-0.1, -0.05) is 0 Å². The normalized spacial score (nSPS) is 19.1. The molecule has 0 saturated carbocycles. The van der Waals surface area contributed by atoms with Gasteiger partial charge in [-0.05, 0) is 93.5 Å². The molecule has 2 aliphatic rings. The fraction of sp³-hybridized carbons (Fsp3) is 0.478. The van der Waals surface area contributed by atoms with Crippen molar-refractivity contribution in [3.63, 3.8) is 0 Å². The Morgan fingerprint density at radius 1 is 0.844 bits per heavy atom. The Labute approximate surface area is 191 Å². The number of aryl methyl sites for hydroxylation is 2. The van der Waals surface area contributed by atoms with E-state index in [9.17, 15) is 16.8 Å². The molecule has 0 bridgehead atoms. The Bertz CT molecular complexity index is 1190. The average molecular weight is 478 g/mol. The van der Waals surface area contributed by atoms with Gasteiger partial charge in [0.05, 0.1) is 16.3 Å². The fourth-order valence-corrected chi connectivity index (χ4v) is 7.56. The Hall–Kier alpha value is -2.26. The SMILES string of the molecule is Cc1cc(S(=O)(=O)Nc2ccc(N3CCCCC3)cc2)c(C)cc1N1CCCCS1(=O)=O. The van der Waals surface area contributed by atoms with Gasteiger partial charge >= 0.3 is 0 Å². The van der Waals surface area contributed by atoms with E-state index in [4.69, 9.17) is 0 Å². The van der Waals surface area contributed by atoms with Crippen LogP contribution in [0.2, 0.25) is 0 Å². The summed E-state index contributed by atoms with van der Waals surface area (Å²) in [5.41, 5.74) is 3.31. The minimum atomic E-state index is -3.81. The van der Waals surface area contributed by atoms with E-state index in [1.165, 1.54) is 23.6 Å². The number of nitrogens with one attached hydrogen (secondary N) is 1. The van der Waals surface area contributed by atoms with Gasteiger partial charge in [0.15, 0.2) is 0 Å². The van der Waals surface area contributed by atoms with Gasteiger partial charge in [0.1, 0.15) is 0 Å². The van der Waals surface area contributed by atoms with Crippen LogP contribution in [-0.4, -0.2) is 42.2 Å². The summed E-state index contributed by atoms with van der Waals surface area (Å²) in [6.45, 7) is 5.94. The summed E-state index contributed by atoms with van der Waals surface area (Å²) >= 11 is 0. The van der Waals surface area contributed by atoms with Gasteiger partial charge in [0.2, 0.25) is 10.0 Å². The first-order valence-corrected chi connectivity index (χ1v) is 14.3. The first-order chi connectivity index (χ1) is 15.2. The van der Waals surface area contributed by atoms with Crippen LogP contribution in [0.4, 0.5) is 17.1 Å². The van der Waals surface area contributed by atoms with Gasteiger partial charge < -0.3 is 4.90 Å². The summed E-state index contributed by atoms with van der Waals surface area (Å²) in [5.74, 6) is 0.126. The number of rotatable bonds is 5. The summed E-state index contributed by atoms with van der Waals surface area (Å²) in [6, 6.07) is 10.7. The largest absolute Gasteiger partial charge is 0.372 e. The smallest absolute Gasteiger partial charge is 0.262 e. The minimum Gasteiger partial charge on any atom is -0.372 e. The predicted molar refractivity (Wildman–Crippen MR) is 130 cm³/mol. The highest BCUT2D eigenvalue weighted by Gasteiger charge is 2.29. The van der Waals surface area contributed by atoms with Gasteiger partial charge in [-0.15, -0.1) is 0 Å². The molecule has 1 N–H and O–H groups in total. The molecule has 0 radical (unpaired) electrons. The van der Waals surface area contributed by atoms with Crippen molar-refractivity contribution in [3.8, 4) is 0 Å². The molecule has 9 heteroatoms. The van der Waals surface area contributed by atoms with Gasteiger partial charge in [-0.2, -0.15) is 0 Å². The molecule has 4 rings (SSSR count). The van der Waals surface area contributed by atoms with Crippen LogP contribution in [-0.2, 0) is 20.0 Å². The van der Waals surface area contributed by atoms with Crippen molar-refractivity contribution in [2.75, 3.05) is 39.3 Å². The number of anilines is 3. The van der Waals surface area contributed by atoms with Crippen LogP contribution in [0, 0.1) is 13.8 Å². The summed E-state index contributed by atoms with van der Waals surface area (Å²) in [6.07, 6.45) is 5.08. The van der Waals surface area contributed by atoms with Crippen molar-refractivity contribution in [1.82, 2.24) is 0 Å². The molecule has 0 aromatic heterocycles. The van der Waals surface area contributed by atoms with Gasteiger partial charge in [-0.25, -0.2) is 16.8 Å². The molecule has 0 spiro atoms. The highest BCUT2D eigenvalue weighted by atomic mass is 32.2. The van der Waals surface area contributed by atoms with Gasteiger partial charge in [-0.3, -0.25) is 9.03 Å². The van der Waals surface area contributed by atoms with Crippen LogP contribution in [0.5, 0.6) is 0 Å². The average Bonchev–Trinajstić information content (AvgIpc) is 2.76. The van der Waals surface area contributed by atoms with E-state index in [1.807, 2.05) is 12.1 Å². The maximum atomic E-state index is 13.1. The molecule has 2 saturated heterocycles. The van der Waals surface area contributed by atoms with Gasteiger partial charge in [0.25, 0.3) is 10.0 Å². The molecule has 0 amide bonds. The highest BCUT2D eigenvalue weighted by Crippen LogP contribution is 2.32. The molecule has 2 aliphatic heterocycles. The first kappa shape index (κ1) is 22.9. The van der Waals surface area contributed by atoms with Gasteiger partial charge in [0, 0.05) is 31.0 Å². The Morgan fingerprint density at radius 2 is 1.50 bits per heavy atom. The molecule has 7 nitrogen and oxygen atoms in total.